The van der Waals surface area contributed by atoms with E-state index in [2.05, 4.69) is 64.1 Å². The fraction of sp³-hybridized carbons (Fsp3) is 0.548. The Morgan fingerprint density at radius 3 is 1.45 bits per heavy atom. The molecule has 0 saturated carbocycles. The lowest BCUT2D eigenvalue weighted by molar-refractivity contribution is 0.266. The molecule has 2 nitrogen and oxygen atoms in total. The van der Waals surface area contributed by atoms with Crippen LogP contribution in [0.4, 0.5) is 0 Å². The van der Waals surface area contributed by atoms with Gasteiger partial charge in [0.2, 0.25) is 0 Å². The van der Waals surface area contributed by atoms with E-state index in [1.165, 1.54) is 73.6 Å². The van der Waals surface area contributed by atoms with E-state index in [1.54, 1.807) is 0 Å². The zero-order chi connectivity index (χ0) is 23.8. The summed E-state index contributed by atoms with van der Waals surface area (Å²) in [5, 5.41) is 19.5. The first kappa shape index (κ1) is 25.1. The number of fused-ring (bicyclic) bond motifs is 3. The Morgan fingerprint density at radius 2 is 1.12 bits per heavy atom. The van der Waals surface area contributed by atoms with Gasteiger partial charge in [0.25, 0.3) is 0 Å². The van der Waals surface area contributed by atoms with E-state index < -0.39 is 0 Å². The molecule has 0 fully saturated rings. The fourth-order valence-electron chi connectivity index (χ4n) is 6.03. The van der Waals surface area contributed by atoms with Crippen molar-refractivity contribution >= 4 is 0 Å². The van der Waals surface area contributed by atoms with Gasteiger partial charge >= 0.3 is 0 Å². The number of nitrogens with zero attached hydrogens (tertiary/aromatic N) is 2. The highest BCUT2D eigenvalue weighted by Gasteiger charge is 2.45. The van der Waals surface area contributed by atoms with Crippen molar-refractivity contribution in [1.29, 1.82) is 10.5 Å². The summed E-state index contributed by atoms with van der Waals surface area (Å²) < 4.78 is 0. The van der Waals surface area contributed by atoms with Gasteiger partial charge < -0.3 is 0 Å². The minimum absolute atomic E-state index is 0.118. The Morgan fingerprint density at radius 1 is 0.697 bits per heavy atom. The molecule has 1 aliphatic carbocycles. The summed E-state index contributed by atoms with van der Waals surface area (Å²) in [5.74, 6) is 1.29. The molecule has 33 heavy (non-hydrogen) atoms. The van der Waals surface area contributed by atoms with E-state index in [-0.39, 0.29) is 5.41 Å². The first-order chi connectivity index (χ1) is 16.1. The average Bonchev–Trinajstić information content (AvgIpc) is 3.12. The first-order valence-corrected chi connectivity index (χ1v) is 13.2. The molecule has 0 heterocycles. The zero-order valence-electron chi connectivity index (χ0n) is 21.1. The third kappa shape index (κ3) is 5.17. The van der Waals surface area contributed by atoms with Gasteiger partial charge in [-0.15, -0.1) is 0 Å². The summed E-state index contributed by atoms with van der Waals surface area (Å²) in [4.78, 5) is 0. The summed E-state index contributed by atoms with van der Waals surface area (Å²) >= 11 is 0. The van der Waals surface area contributed by atoms with Crippen LogP contribution in [0.2, 0.25) is 0 Å². The maximum atomic E-state index is 9.73. The van der Waals surface area contributed by atoms with Crippen LogP contribution in [0.25, 0.3) is 11.1 Å². The van der Waals surface area contributed by atoms with Crippen molar-refractivity contribution < 1.29 is 0 Å². The van der Waals surface area contributed by atoms with Gasteiger partial charge in [0.15, 0.2) is 0 Å². The molecule has 2 heteroatoms. The van der Waals surface area contributed by atoms with Gasteiger partial charge in [-0.3, -0.25) is 0 Å². The Labute approximate surface area is 201 Å². The molecule has 0 radical (unpaired) electrons. The number of hydrogen-bond acceptors (Lipinski definition) is 2. The van der Waals surface area contributed by atoms with E-state index in [0.29, 0.717) is 11.8 Å². The molecule has 0 N–H and O–H groups in total. The lowest BCUT2D eigenvalue weighted by Crippen LogP contribution is -2.31. The quantitative estimate of drug-likeness (QED) is 0.331. The lowest BCUT2D eigenvalue weighted by Gasteiger charge is -2.38. The molecular weight excluding hydrogens is 400 g/mol. The highest BCUT2D eigenvalue weighted by molar-refractivity contribution is 5.82. The topological polar surface area (TPSA) is 47.6 Å². The lowest BCUT2D eigenvalue weighted by atomic mass is 9.65. The summed E-state index contributed by atoms with van der Waals surface area (Å²) in [6.07, 6.45) is 12.0. The van der Waals surface area contributed by atoms with Crippen LogP contribution in [0, 0.1) is 34.5 Å². The van der Waals surface area contributed by atoms with Crippen molar-refractivity contribution in [2.45, 2.75) is 97.3 Å². The predicted molar refractivity (Wildman–Crippen MR) is 138 cm³/mol. The molecule has 2 aromatic rings. The van der Waals surface area contributed by atoms with Crippen LogP contribution < -0.4 is 0 Å². The number of benzene rings is 2. The number of hydrogen-bond donors (Lipinski definition) is 0. The molecule has 0 aromatic heterocycles. The predicted octanol–water partition coefficient (Wildman–Crippen LogP) is 8.91. The maximum Gasteiger partial charge on any atom is 0.0991 e. The van der Waals surface area contributed by atoms with Crippen LogP contribution >= 0.6 is 0 Å². The van der Waals surface area contributed by atoms with Crippen LogP contribution in [0.15, 0.2) is 36.4 Å². The van der Waals surface area contributed by atoms with Crippen molar-refractivity contribution in [3.63, 3.8) is 0 Å². The summed E-state index contributed by atoms with van der Waals surface area (Å²) in [6, 6.07) is 17.3. The van der Waals surface area contributed by atoms with E-state index >= 15 is 0 Å². The molecule has 3 rings (SSSR count). The Kier molecular flexibility index (Phi) is 8.74. The molecule has 1 aliphatic rings. The van der Waals surface area contributed by atoms with Gasteiger partial charge in [-0.05, 0) is 71.2 Å². The first-order valence-electron chi connectivity index (χ1n) is 13.2. The van der Waals surface area contributed by atoms with Gasteiger partial charge in [0, 0.05) is 5.41 Å². The minimum atomic E-state index is -0.118. The van der Waals surface area contributed by atoms with Gasteiger partial charge in [-0.25, -0.2) is 0 Å². The third-order valence-corrected chi connectivity index (χ3v) is 7.98. The van der Waals surface area contributed by atoms with E-state index in [9.17, 15) is 10.5 Å². The van der Waals surface area contributed by atoms with Crippen LogP contribution in [0.3, 0.4) is 0 Å². The van der Waals surface area contributed by atoms with Crippen LogP contribution in [-0.2, 0) is 5.41 Å². The van der Waals surface area contributed by atoms with Crippen LogP contribution in [-0.4, -0.2) is 0 Å². The van der Waals surface area contributed by atoms with Crippen molar-refractivity contribution in [3.8, 4) is 23.3 Å². The zero-order valence-corrected chi connectivity index (χ0v) is 21.1. The average molecular weight is 441 g/mol. The summed E-state index contributed by atoms with van der Waals surface area (Å²) in [6.45, 7) is 9.21. The Balaban J connectivity index is 2.23. The van der Waals surface area contributed by atoms with E-state index in [1.807, 2.05) is 12.1 Å². The SMILES string of the molecule is CCCCC(CC)CC1(CC(CC)CCCC)c2cc(C#N)ccc2-c2ccc(C#N)cc21. The highest BCUT2D eigenvalue weighted by atomic mass is 14.5. The number of unbranched alkanes of at least 4 members (excludes halogenated alkanes) is 2. The van der Waals surface area contributed by atoms with Gasteiger partial charge in [0.1, 0.15) is 0 Å². The van der Waals surface area contributed by atoms with Crippen molar-refractivity contribution in [1.82, 2.24) is 0 Å². The molecule has 0 saturated heterocycles. The smallest absolute Gasteiger partial charge is 0.0991 e. The van der Waals surface area contributed by atoms with E-state index in [0.717, 1.165) is 24.0 Å². The molecule has 0 amide bonds. The summed E-state index contributed by atoms with van der Waals surface area (Å²) in [5.41, 5.74) is 6.57. The van der Waals surface area contributed by atoms with Crippen molar-refractivity contribution in [2.75, 3.05) is 0 Å². The van der Waals surface area contributed by atoms with Gasteiger partial charge in [0.05, 0.1) is 23.3 Å². The number of nitriles is 2. The van der Waals surface area contributed by atoms with Crippen molar-refractivity contribution in [2.24, 2.45) is 11.8 Å². The fourth-order valence-corrected chi connectivity index (χ4v) is 6.03. The molecule has 2 atom stereocenters. The highest BCUT2D eigenvalue weighted by Crippen LogP contribution is 2.56. The second-order valence-corrected chi connectivity index (χ2v) is 10.1. The number of rotatable bonds is 12. The van der Waals surface area contributed by atoms with Crippen molar-refractivity contribution in [3.05, 3.63) is 58.7 Å². The molecule has 174 valence electrons. The standard InChI is InChI=1S/C31H40N2/c1-5-9-11-23(7-3)19-31(20-24(8-4)12-10-6-2)29-17-25(21-32)13-15-27(29)28-16-14-26(22-33)18-30(28)31/h13-18,23-24H,5-12,19-20H2,1-4H3. The molecule has 2 aromatic carbocycles. The molecule has 0 aliphatic heterocycles. The molecule has 0 spiro atoms. The largest absolute Gasteiger partial charge is 0.192 e. The maximum absolute atomic E-state index is 9.73. The monoisotopic (exact) mass is 440 g/mol. The second kappa shape index (κ2) is 11.5. The molecule has 2 unspecified atom stereocenters. The van der Waals surface area contributed by atoms with Gasteiger partial charge in [-0.1, -0.05) is 91.2 Å². The molecular formula is C31H40N2. The Bertz CT molecular complexity index is 937. The van der Waals surface area contributed by atoms with Crippen LogP contribution in [0.1, 0.15) is 114 Å². The Hall–Kier alpha value is -2.58. The third-order valence-electron chi connectivity index (χ3n) is 7.98. The summed E-state index contributed by atoms with van der Waals surface area (Å²) in [7, 11) is 0. The van der Waals surface area contributed by atoms with Gasteiger partial charge in [-0.2, -0.15) is 10.5 Å². The second-order valence-electron chi connectivity index (χ2n) is 10.1. The normalized spacial score (nSPS) is 15.2. The van der Waals surface area contributed by atoms with E-state index in [4.69, 9.17) is 0 Å². The van der Waals surface area contributed by atoms with Crippen LogP contribution in [0.5, 0.6) is 0 Å². The minimum Gasteiger partial charge on any atom is -0.192 e. The molecule has 0 bridgehead atoms.